The number of carbonyl (C=O) groups excluding carboxylic acids is 1. The highest BCUT2D eigenvalue weighted by molar-refractivity contribution is 6.31. The first-order chi connectivity index (χ1) is 14.0. The van der Waals surface area contributed by atoms with E-state index >= 15 is 0 Å². The molecule has 1 atom stereocenters. The minimum atomic E-state index is -0.324. The molecule has 1 heterocycles. The number of fused-ring (bicyclic) bond motifs is 1. The Morgan fingerprint density at radius 2 is 1.90 bits per heavy atom. The molecule has 0 radical (unpaired) electrons. The van der Waals surface area contributed by atoms with Crippen LogP contribution in [-0.2, 0) is 11.8 Å². The van der Waals surface area contributed by atoms with Crippen LogP contribution >= 0.6 is 11.6 Å². The Bertz CT molecular complexity index is 933. The SMILES string of the molecule is CC(c1nc2cc(Cl)ccc2c(=O)n1C)N(CCCCCCN)C(=O)CC(C)(C)C. The van der Waals surface area contributed by atoms with E-state index in [0.717, 1.165) is 25.7 Å². The highest BCUT2D eigenvalue weighted by Gasteiger charge is 2.28. The molecule has 30 heavy (non-hydrogen) atoms. The molecule has 1 aromatic heterocycles. The van der Waals surface area contributed by atoms with Gasteiger partial charge in [0.25, 0.3) is 5.56 Å². The molecule has 1 unspecified atom stereocenters. The first-order valence-electron chi connectivity index (χ1n) is 10.7. The largest absolute Gasteiger partial charge is 0.333 e. The summed E-state index contributed by atoms with van der Waals surface area (Å²) in [4.78, 5) is 32.6. The number of hydrogen-bond acceptors (Lipinski definition) is 4. The van der Waals surface area contributed by atoms with Gasteiger partial charge in [0.05, 0.1) is 16.9 Å². The molecule has 0 aliphatic carbocycles. The Morgan fingerprint density at radius 3 is 2.53 bits per heavy atom. The number of rotatable bonds is 9. The lowest BCUT2D eigenvalue weighted by Crippen LogP contribution is -2.39. The maximum Gasteiger partial charge on any atom is 0.261 e. The van der Waals surface area contributed by atoms with Crippen LogP contribution in [0.15, 0.2) is 23.0 Å². The van der Waals surface area contributed by atoms with Gasteiger partial charge in [-0.25, -0.2) is 4.98 Å². The zero-order valence-corrected chi connectivity index (χ0v) is 19.6. The van der Waals surface area contributed by atoms with E-state index in [1.54, 1.807) is 29.8 Å². The summed E-state index contributed by atoms with van der Waals surface area (Å²) in [5.41, 5.74) is 5.88. The van der Waals surface area contributed by atoms with Crippen molar-refractivity contribution in [2.75, 3.05) is 13.1 Å². The first-order valence-corrected chi connectivity index (χ1v) is 11.1. The summed E-state index contributed by atoms with van der Waals surface area (Å²) >= 11 is 6.12. The monoisotopic (exact) mass is 434 g/mol. The molecule has 0 spiro atoms. The van der Waals surface area contributed by atoms with Crippen molar-refractivity contribution in [3.63, 3.8) is 0 Å². The van der Waals surface area contributed by atoms with E-state index in [0.29, 0.717) is 41.3 Å². The van der Waals surface area contributed by atoms with Gasteiger partial charge in [-0.05, 0) is 49.9 Å². The maximum absolute atomic E-state index is 13.2. The Balaban J connectivity index is 2.38. The van der Waals surface area contributed by atoms with Crippen LogP contribution in [0.25, 0.3) is 10.9 Å². The zero-order chi connectivity index (χ0) is 22.5. The lowest BCUT2D eigenvalue weighted by molar-refractivity contribution is -0.135. The fourth-order valence-corrected chi connectivity index (χ4v) is 3.81. The molecule has 2 N–H and O–H groups in total. The summed E-state index contributed by atoms with van der Waals surface area (Å²) in [5.74, 6) is 0.647. The van der Waals surface area contributed by atoms with E-state index < -0.39 is 0 Å². The Hall–Kier alpha value is -1.92. The smallest absolute Gasteiger partial charge is 0.261 e. The lowest BCUT2D eigenvalue weighted by Gasteiger charge is -2.32. The molecular formula is C23H35ClN4O2. The molecule has 1 amide bonds. The molecule has 0 saturated heterocycles. The predicted molar refractivity (Wildman–Crippen MR) is 124 cm³/mol. The van der Waals surface area contributed by atoms with E-state index in [1.807, 2.05) is 11.8 Å². The number of aromatic nitrogens is 2. The third-order valence-electron chi connectivity index (χ3n) is 5.27. The molecular weight excluding hydrogens is 400 g/mol. The maximum atomic E-state index is 13.2. The van der Waals surface area contributed by atoms with Gasteiger partial charge in [-0.2, -0.15) is 0 Å². The highest BCUT2D eigenvalue weighted by atomic mass is 35.5. The van der Waals surface area contributed by atoms with Gasteiger partial charge in [-0.3, -0.25) is 14.2 Å². The van der Waals surface area contributed by atoms with E-state index in [4.69, 9.17) is 22.3 Å². The summed E-state index contributed by atoms with van der Waals surface area (Å²) in [6.07, 6.45) is 4.40. The van der Waals surface area contributed by atoms with Crippen molar-refractivity contribution in [1.82, 2.24) is 14.5 Å². The second-order valence-corrected chi connectivity index (χ2v) is 9.64. The van der Waals surface area contributed by atoms with Gasteiger partial charge < -0.3 is 10.6 Å². The van der Waals surface area contributed by atoms with Gasteiger partial charge in [0, 0.05) is 25.0 Å². The van der Waals surface area contributed by atoms with Crippen molar-refractivity contribution in [2.45, 2.75) is 65.8 Å². The van der Waals surface area contributed by atoms with Crippen LogP contribution in [0.1, 0.15) is 71.7 Å². The van der Waals surface area contributed by atoms with Gasteiger partial charge in [0.15, 0.2) is 0 Å². The molecule has 7 heteroatoms. The van der Waals surface area contributed by atoms with Crippen molar-refractivity contribution in [2.24, 2.45) is 18.2 Å². The second kappa shape index (κ2) is 10.4. The zero-order valence-electron chi connectivity index (χ0n) is 18.9. The standard InChI is InChI=1S/C23H35ClN4O2/c1-16(21-26-19-14-17(24)10-11-18(19)22(30)27(21)5)28(13-9-7-6-8-12-25)20(29)15-23(2,3)4/h10-11,14,16H,6-9,12-13,15,25H2,1-5H3. The van der Waals surface area contributed by atoms with Gasteiger partial charge in [0.1, 0.15) is 5.82 Å². The third kappa shape index (κ3) is 6.29. The normalized spacial score (nSPS) is 12.9. The number of halogens is 1. The number of benzene rings is 1. The van der Waals surface area contributed by atoms with Crippen LogP contribution in [-0.4, -0.2) is 33.4 Å². The summed E-state index contributed by atoms with van der Waals surface area (Å²) in [6, 6.07) is 4.76. The lowest BCUT2D eigenvalue weighted by atomic mass is 9.91. The predicted octanol–water partition coefficient (Wildman–Crippen LogP) is 4.43. The Morgan fingerprint density at radius 1 is 1.23 bits per heavy atom. The molecule has 1 aromatic carbocycles. The number of unbranched alkanes of at least 4 members (excludes halogenated alkanes) is 3. The van der Waals surface area contributed by atoms with E-state index in [-0.39, 0.29) is 22.9 Å². The number of amides is 1. The van der Waals surface area contributed by atoms with E-state index in [2.05, 4.69) is 20.8 Å². The van der Waals surface area contributed by atoms with Crippen molar-refractivity contribution in [3.05, 3.63) is 39.4 Å². The number of nitrogens with two attached hydrogens (primary N) is 1. The molecule has 0 fully saturated rings. The molecule has 0 aliphatic heterocycles. The van der Waals surface area contributed by atoms with Gasteiger partial charge in [0.2, 0.25) is 5.91 Å². The number of nitrogens with zero attached hydrogens (tertiary/aromatic N) is 3. The second-order valence-electron chi connectivity index (χ2n) is 9.20. The van der Waals surface area contributed by atoms with Crippen LogP contribution in [0.5, 0.6) is 0 Å². The summed E-state index contributed by atoms with van der Waals surface area (Å²) in [5, 5.41) is 1.05. The summed E-state index contributed by atoms with van der Waals surface area (Å²) in [6.45, 7) is 9.43. The molecule has 2 rings (SSSR count). The first kappa shape index (κ1) is 24.4. The molecule has 166 valence electrons. The number of hydrogen-bond donors (Lipinski definition) is 1. The average molecular weight is 435 g/mol. The van der Waals surface area contributed by atoms with Crippen LogP contribution in [0.3, 0.4) is 0 Å². The van der Waals surface area contributed by atoms with Crippen LogP contribution < -0.4 is 11.3 Å². The Kier molecular flexibility index (Phi) is 8.44. The third-order valence-corrected chi connectivity index (χ3v) is 5.50. The summed E-state index contributed by atoms with van der Waals surface area (Å²) in [7, 11) is 1.71. The van der Waals surface area contributed by atoms with Gasteiger partial charge >= 0.3 is 0 Å². The van der Waals surface area contributed by atoms with E-state index in [9.17, 15) is 9.59 Å². The van der Waals surface area contributed by atoms with Crippen molar-refractivity contribution in [3.8, 4) is 0 Å². The van der Waals surface area contributed by atoms with Gasteiger partial charge in [-0.1, -0.05) is 45.2 Å². The summed E-state index contributed by atoms with van der Waals surface area (Å²) < 4.78 is 1.55. The molecule has 2 aromatic rings. The van der Waals surface area contributed by atoms with Crippen LogP contribution in [0.2, 0.25) is 5.02 Å². The van der Waals surface area contributed by atoms with Crippen LogP contribution in [0, 0.1) is 5.41 Å². The van der Waals surface area contributed by atoms with Crippen molar-refractivity contribution < 1.29 is 4.79 Å². The number of carbonyl (C=O) groups is 1. The molecule has 0 saturated carbocycles. The topological polar surface area (TPSA) is 81.2 Å². The quantitative estimate of drug-likeness (QED) is 0.592. The Labute approximate surface area is 184 Å². The average Bonchev–Trinajstić information content (AvgIpc) is 2.65. The van der Waals surface area contributed by atoms with E-state index in [1.165, 1.54) is 0 Å². The minimum absolute atomic E-state index is 0.0780. The van der Waals surface area contributed by atoms with Crippen molar-refractivity contribution >= 4 is 28.4 Å². The fraction of sp³-hybridized carbons (Fsp3) is 0.609. The molecule has 0 bridgehead atoms. The fourth-order valence-electron chi connectivity index (χ4n) is 3.64. The van der Waals surface area contributed by atoms with Crippen molar-refractivity contribution in [1.29, 1.82) is 0 Å². The van der Waals surface area contributed by atoms with Crippen LogP contribution in [0.4, 0.5) is 0 Å². The van der Waals surface area contributed by atoms with Gasteiger partial charge in [-0.15, -0.1) is 0 Å². The minimum Gasteiger partial charge on any atom is -0.333 e. The molecule has 6 nitrogen and oxygen atoms in total. The highest BCUT2D eigenvalue weighted by Crippen LogP contribution is 2.26. The molecule has 0 aliphatic rings.